The number of hydrogen-bond donors (Lipinski definition) is 3. The monoisotopic (exact) mass is 462 g/mol. The van der Waals surface area contributed by atoms with Gasteiger partial charge in [-0.3, -0.25) is 0 Å². The molecule has 3 aromatic carbocycles. The molecule has 8 heteroatoms. The average molecular weight is 463 g/mol. The lowest BCUT2D eigenvalue weighted by Crippen LogP contribution is -2.14. The summed E-state index contributed by atoms with van der Waals surface area (Å²) >= 11 is 0. The van der Waals surface area contributed by atoms with Gasteiger partial charge in [0.15, 0.2) is 0 Å². The Morgan fingerprint density at radius 1 is 0.970 bits per heavy atom. The van der Waals surface area contributed by atoms with E-state index in [1.807, 2.05) is 30.3 Å². The van der Waals surface area contributed by atoms with Crippen molar-refractivity contribution in [3.8, 4) is 5.75 Å². The second-order valence-corrected chi connectivity index (χ2v) is 9.84. The predicted octanol–water partition coefficient (Wildman–Crippen LogP) is 5.30. The number of benzene rings is 3. The number of anilines is 2. The fraction of sp³-hybridized carbons (Fsp3) is 0.240. The van der Waals surface area contributed by atoms with E-state index in [0.717, 1.165) is 29.6 Å². The van der Waals surface area contributed by atoms with Crippen LogP contribution in [0.1, 0.15) is 31.2 Å². The van der Waals surface area contributed by atoms with Crippen molar-refractivity contribution >= 4 is 32.8 Å². The first-order chi connectivity index (χ1) is 16.0. The van der Waals surface area contributed by atoms with E-state index in [2.05, 4.69) is 20.6 Å². The van der Waals surface area contributed by atoms with Gasteiger partial charge in [-0.05, 0) is 54.8 Å². The quantitative estimate of drug-likeness (QED) is 0.308. The third-order valence-electron chi connectivity index (χ3n) is 5.83. The minimum absolute atomic E-state index is 0.120. The van der Waals surface area contributed by atoms with Crippen LogP contribution in [-0.2, 0) is 16.7 Å². The van der Waals surface area contributed by atoms with E-state index in [9.17, 15) is 8.42 Å². The number of rotatable bonds is 8. The van der Waals surface area contributed by atoms with Crippen molar-refractivity contribution in [2.45, 2.75) is 43.2 Å². The van der Waals surface area contributed by atoms with Crippen molar-refractivity contribution in [2.75, 3.05) is 10.6 Å². The summed E-state index contributed by atoms with van der Waals surface area (Å²) in [6.07, 6.45) is 4.79. The Balaban J connectivity index is 1.26. The maximum atomic E-state index is 12.8. The molecule has 4 aromatic rings. The molecule has 5 rings (SSSR count). The van der Waals surface area contributed by atoms with Gasteiger partial charge in [0.05, 0.1) is 11.0 Å². The van der Waals surface area contributed by atoms with Gasteiger partial charge in [-0.2, -0.15) is 8.42 Å². The number of fused-ring (bicyclic) bond motifs is 1. The molecule has 1 aromatic heterocycles. The van der Waals surface area contributed by atoms with Gasteiger partial charge in [-0.25, -0.2) is 4.98 Å². The largest absolute Gasteiger partial charge is 0.382 e. The van der Waals surface area contributed by atoms with Gasteiger partial charge in [0.1, 0.15) is 10.6 Å². The van der Waals surface area contributed by atoms with Gasteiger partial charge >= 0.3 is 10.1 Å². The number of imidazole rings is 1. The molecule has 1 aliphatic rings. The van der Waals surface area contributed by atoms with Crippen LogP contribution in [-0.4, -0.2) is 24.4 Å². The molecule has 0 atom stereocenters. The second-order valence-electron chi connectivity index (χ2n) is 8.29. The zero-order valence-electron chi connectivity index (χ0n) is 18.1. The van der Waals surface area contributed by atoms with Gasteiger partial charge in [0.25, 0.3) is 0 Å². The molecule has 170 valence electrons. The maximum Gasteiger partial charge on any atom is 0.339 e. The van der Waals surface area contributed by atoms with Crippen LogP contribution in [0, 0.1) is 0 Å². The lowest BCUT2D eigenvalue weighted by Gasteiger charge is -2.14. The van der Waals surface area contributed by atoms with E-state index < -0.39 is 10.1 Å². The standard InChI is InChI=1S/C25H26N4O3S/c30-33(31,22-13-10-20(11-14-22)27-19-8-4-5-9-19)32-21-12-15-23-24(16-21)29-25(28-23)26-17-18-6-2-1-3-7-18/h1-3,6-7,10-16,19,27H,4-5,8-9,17H2,(H2,26,28,29). The van der Waals surface area contributed by atoms with Crippen LogP contribution in [0.5, 0.6) is 5.75 Å². The van der Waals surface area contributed by atoms with Gasteiger partial charge in [0, 0.05) is 24.3 Å². The smallest absolute Gasteiger partial charge is 0.339 e. The second kappa shape index (κ2) is 9.15. The molecule has 0 amide bonds. The van der Waals surface area contributed by atoms with Crippen molar-refractivity contribution in [1.82, 2.24) is 9.97 Å². The van der Waals surface area contributed by atoms with E-state index in [1.165, 1.54) is 12.8 Å². The van der Waals surface area contributed by atoms with Crippen LogP contribution in [0.25, 0.3) is 11.0 Å². The van der Waals surface area contributed by atoms with Crippen LogP contribution in [0.3, 0.4) is 0 Å². The van der Waals surface area contributed by atoms with Crippen LogP contribution >= 0.6 is 0 Å². The molecule has 0 saturated heterocycles. The Kier molecular flexibility index (Phi) is 5.92. The van der Waals surface area contributed by atoms with Gasteiger partial charge in [-0.1, -0.05) is 43.2 Å². The minimum Gasteiger partial charge on any atom is -0.382 e. The van der Waals surface area contributed by atoms with Gasteiger partial charge < -0.3 is 19.8 Å². The molecule has 1 fully saturated rings. The van der Waals surface area contributed by atoms with Crippen LogP contribution in [0.15, 0.2) is 77.7 Å². The van der Waals surface area contributed by atoms with E-state index in [1.54, 1.807) is 42.5 Å². The molecule has 1 saturated carbocycles. The predicted molar refractivity (Wildman–Crippen MR) is 130 cm³/mol. The van der Waals surface area contributed by atoms with Gasteiger partial charge in [-0.15, -0.1) is 0 Å². The molecule has 1 heterocycles. The number of H-pyrrole nitrogens is 1. The van der Waals surface area contributed by atoms with E-state index in [0.29, 0.717) is 24.1 Å². The Labute approximate surface area is 193 Å². The minimum atomic E-state index is -3.94. The number of nitrogens with zero attached hydrogens (tertiary/aromatic N) is 1. The summed E-state index contributed by atoms with van der Waals surface area (Å²) in [4.78, 5) is 7.78. The fourth-order valence-corrected chi connectivity index (χ4v) is 5.03. The molecule has 0 aliphatic heterocycles. The molecule has 1 aliphatic carbocycles. The number of aromatic nitrogens is 2. The summed E-state index contributed by atoms with van der Waals surface area (Å²) in [5.74, 6) is 0.841. The normalized spacial score (nSPS) is 14.4. The SMILES string of the molecule is O=S(=O)(Oc1ccc2nc(NCc3ccccc3)[nH]c2c1)c1ccc(NC2CCCC2)cc1. The molecule has 0 spiro atoms. The Bertz CT molecular complexity index is 1330. The number of aromatic amines is 1. The lowest BCUT2D eigenvalue weighted by molar-refractivity contribution is 0.486. The summed E-state index contributed by atoms with van der Waals surface area (Å²) in [7, 11) is -3.94. The third-order valence-corrected chi connectivity index (χ3v) is 7.09. The van der Waals surface area contributed by atoms with E-state index in [4.69, 9.17) is 4.18 Å². The summed E-state index contributed by atoms with van der Waals surface area (Å²) in [5, 5.41) is 6.70. The topological polar surface area (TPSA) is 96.1 Å². The number of nitrogens with one attached hydrogen (secondary N) is 3. The van der Waals surface area contributed by atoms with E-state index >= 15 is 0 Å². The first-order valence-electron chi connectivity index (χ1n) is 11.1. The highest BCUT2D eigenvalue weighted by atomic mass is 32.2. The summed E-state index contributed by atoms with van der Waals surface area (Å²) in [5.41, 5.74) is 3.47. The lowest BCUT2D eigenvalue weighted by atomic mass is 10.2. The summed E-state index contributed by atoms with van der Waals surface area (Å²) < 4.78 is 30.9. The zero-order chi connectivity index (χ0) is 22.7. The average Bonchev–Trinajstić information content (AvgIpc) is 3.48. The highest BCUT2D eigenvalue weighted by Gasteiger charge is 2.19. The van der Waals surface area contributed by atoms with Crippen molar-refractivity contribution in [3.63, 3.8) is 0 Å². The van der Waals surface area contributed by atoms with Crippen molar-refractivity contribution in [3.05, 3.63) is 78.4 Å². The zero-order valence-corrected chi connectivity index (χ0v) is 18.9. The highest BCUT2D eigenvalue weighted by Crippen LogP contribution is 2.26. The first-order valence-corrected chi connectivity index (χ1v) is 12.5. The summed E-state index contributed by atoms with van der Waals surface area (Å²) in [6.45, 7) is 0.629. The van der Waals surface area contributed by atoms with Crippen molar-refractivity contribution in [2.24, 2.45) is 0 Å². The molecule has 33 heavy (non-hydrogen) atoms. The van der Waals surface area contributed by atoms with Crippen LogP contribution in [0.2, 0.25) is 0 Å². The molecule has 0 bridgehead atoms. The molecule has 7 nitrogen and oxygen atoms in total. The van der Waals surface area contributed by atoms with Crippen LogP contribution in [0.4, 0.5) is 11.6 Å². The van der Waals surface area contributed by atoms with Gasteiger partial charge in [0.2, 0.25) is 5.95 Å². The first kappa shape index (κ1) is 21.3. The Hall–Kier alpha value is -3.52. The fourth-order valence-electron chi connectivity index (χ4n) is 4.10. The molecular formula is C25H26N4O3S. The Morgan fingerprint density at radius 2 is 1.73 bits per heavy atom. The van der Waals surface area contributed by atoms with E-state index in [-0.39, 0.29) is 10.6 Å². The Morgan fingerprint density at radius 3 is 2.48 bits per heavy atom. The molecule has 0 unspecified atom stereocenters. The number of hydrogen-bond acceptors (Lipinski definition) is 6. The molecule has 0 radical (unpaired) electrons. The third kappa shape index (κ3) is 5.12. The molecule has 3 N–H and O–H groups in total. The van der Waals surface area contributed by atoms with Crippen molar-refractivity contribution in [1.29, 1.82) is 0 Å². The molecular weight excluding hydrogens is 436 g/mol. The van der Waals surface area contributed by atoms with Crippen molar-refractivity contribution < 1.29 is 12.6 Å². The maximum absolute atomic E-state index is 12.8. The highest BCUT2D eigenvalue weighted by molar-refractivity contribution is 7.87. The van der Waals surface area contributed by atoms with Crippen LogP contribution < -0.4 is 14.8 Å². The summed E-state index contributed by atoms with van der Waals surface area (Å²) in [6, 6.07) is 22.2.